The van der Waals surface area contributed by atoms with Crippen molar-refractivity contribution in [2.75, 3.05) is 19.7 Å². The molecule has 0 aromatic heterocycles. The lowest BCUT2D eigenvalue weighted by atomic mass is 10.2. The van der Waals surface area contributed by atoms with Crippen molar-refractivity contribution in [3.05, 3.63) is 0 Å². The zero-order chi connectivity index (χ0) is 13.7. The smallest absolute Gasteiger partial charge is 0.321 e. The predicted octanol–water partition coefficient (Wildman–Crippen LogP) is 0.212. The van der Waals surface area contributed by atoms with E-state index in [1.165, 1.54) is 0 Å². The Labute approximate surface area is 113 Å². The van der Waals surface area contributed by atoms with E-state index >= 15 is 0 Å². The normalized spacial score (nSPS) is 24.6. The van der Waals surface area contributed by atoms with E-state index in [4.69, 9.17) is 5.11 Å². The Kier molecular flexibility index (Phi) is 5.15. The molecule has 1 heterocycles. The minimum atomic E-state index is -0.392. The second-order valence-corrected chi connectivity index (χ2v) is 5.45. The lowest BCUT2D eigenvalue weighted by Crippen LogP contribution is -2.48. The van der Waals surface area contributed by atoms with E-state index < -0.39 is 6.03 Å². The van der Waals surface area contributed by atoms with Gasteiger partial charge in [0.1, 0.15) is 0 Å². The van der Waals surface area contributed by atoms with Gasteiger partial charge in [0.15, 0.2) is 0 Å². The average Bonchev–Trinajstić information content (AvgIpc) is 2.99. The molecule has 0 radical (unpaired) electrons. The van der Waals surface area contributed by atoms with Crippen molar-refractivity contribution in [2.45, 2.75) is 50.6 Å². The number of aliphatic hydroxyl groups excluding tert-OH is 1. The summed E-state index contributed by atoms with van der Waals surface area (Å²) in [4.78, 5) is 25.3. The van der Waals surface area contributed by atoms with Crippen LogP contribution in [0.1, 0.15) is 38.5 Å². The number of aliphatic hydroxyl groups is 1. The first-order valence-electron chi connectivity index (χ1n) is 7.14. The lowest BCUT2D eigenvalue weighted by Gasteiger charge is -2.21. The van der Waals surface area contributed by atoms with Gasteiger partial charge in [-0.1, -0.05) is 12.8 Å². The molecule has 3 N–H and O–H groups in total. The van der Waals surface area contributed by atoms with Gasteiger partial charge in [-0.3, -0.25) is 15.0 Å². The van der Waals surface area contributed by atoms with Gasteiger partial charge in [-0.05, 0) is 32.2 Å². The summed E-state index contributed by atoms with van der Waals surface area (Å²) in [5, 5.41) is 14.4. The highest BCUT2D eigenvalue weighted by Gasteiger charge is 2.26. The zero-order valence-electron chi connectivity index (χ0n) is 11.2. The molecule has 0 aromatic carbocycles. The van der Waals surface area contributed by atoms with Crippen LogP contribution in [-0.2, 0) is 4.79 Å². The Bertz CT molecular complexity index is 329. The highest BCUT2D eigenvalue weighted by Crippen LogP contribution is 2.17. The van der Waals surface area contributed by atoms with Gasteiger partial charge in [0.05, 0.1) is 13.2 Å². The van der Waals surface area contributed by atoms with Crippen molar-refractivity contribution < 1.29 is 14.7 Å². The maximum absolute atomic E-state index is 11.7. The largest absolute Gasteiger partial charge is 0.395 e. The monoisotopic (exact) mass is 269 g/mol. The number of hydrogen-bond acceptors (Lipinski definition) is 4. The highest BCUT2D eigenvalue weighted by atomic mass is 16.3. The van der Waals surface area contributed by atoms with Gasteiger partial charge in [0.2, 0.25) is 5.91 Å². The number of imide groups is 1. The summed E-state index contributed by atoms with van der Waals surface area (Å²) in [5.41, 5.74) is 0. The molecule has 0 spiro atoms. The van der Waals surface area contributed by atoms with E-state index in [2.05, 4.69) is 10.6 Å². The highest BCUT2D eigenvalue weighted by molar-refractivity contribution is 5.95. The second-order valence-electron chi connectivity index (χ2n) is 5.45. The summed E-state index contributed by atoms with van der Waals surface area (Å²) in [7, 11) is 0. The van der Waals surface area contributed by atoms with Crippen LogP contribution in [0.2, 0.25) is 0 Å². The third-order valence-electron chi connectivity index (χ3n) is 4.00. The van der Waals surface area contributed by atoms with Crippen LogP contribution >= 0.6 is 0 Å². The Balaban J connectivity index is 1.69. The van der Waals surface area contributed by atoms with E-state index in [0.29, 0.717) is 0 Å². The van der Waals surface area contributed by atoms with Crippen molar-refractivity contribution in [3.8, 4) is 0 Å². The minimum Gasteiger partial charge on any atom is -0.395 e. The fourth-order valence-electron chi connectivity index (χ4n) is 2.95. The van der Waals surface area contributed by atoms with Crippen LogP contribution in [0, 0.1) is 0 Å². The van der Waals surface area contributed by atoms with Crippen LogP contribution in [-0.4, -0.2) is 53.7 Å². The third-order valence-corrected chi connectivity index (χ3v) is 4.00. The molecule has 1 atom stereocenters. The molecule has 2 rings (SSSR count). The Morgan fingerprint density at radius 3 is 2.58 bits per heavy atom. The van der Waals surface area contributed by atoms with Gasteiger partial charge in [0, 0.05) is 12.1 Å². The Morgan fingerprint density at radius 1 is 1.16 bits per heavy atom. The van der Waals surface area contributed by atoms with Gasteiger partial charge in [-0.2, -0.15) is 0 Å². The predicted molar refractivity (Wildman–Crippen MR) is 70.6 cm³/mol. The molecule has 1 saturated heterocycles. The molecule has 1 aliphatic carbocycles. The number of rotatable bonds is 4. The quantitative estimate of drug-likeness (QED) is 0.681. The molecule has 19 heavy (non-hydrogen) atoms. The van der Waals surface area contributed by atoms with E-state index in [1.807, 2.05) is 4.90 Å². The summed E-state index contributed by atoms with van der Waals surface area (Å²) in [6, 6.07) is -0.120. The van der Waals surface area contributed by atoms with Crippen molar-refractivity contribution in [1.29, 1.82) is 0 Å². The van der Waals surface area contributed by atoms with E-state index in [0.717, 1.165) is 45.1 Å². The summed E-state index contributed by atoms with van der Waals surface area (Å²) >= 11 is 0. The van der Waals surface area contributed by atoms with Crippen LogP contribution in [0.5, 0.6) is 0 Å². The zero-order valence-corrected chi connectivity index (χ0v) is 11.2. The maximum atomic E-state index is 11.7. The molecule has 3 amide bonds. The first kappa shape index (κ1) is 14.3. The molecule has 1 aliphatic heterocycles. The molecule has 0 aromatic rings. The van der Waals surface area contributed by atoms with Crippen molar-refractivity contribution >= 4 is 11.9 Å². The minimum absolute atomic E-state index is 0.0589. The Hall–Kier alpha value is -1.14. The van der Waals surface area contributed by atoms with Gasteiger partial charge >= 0.3 is 6.03 Å². The SMILES string of the molecule is O=C(CN1CCC[C@@H]1CO)NC(=O)NC1CCCC1. The second kappa shape index (κ2) is 6.86. The van der Waals surface area contributed by atoms with Crippen molar-refractivity contribution in [3.63, 3.8) is 0 Å². The molecular formula is C13H23N3O3. The van der Waals surface area contributed by atoms with Gasteiger partial charge in [-0.15, -0.1) is 0 Å². The van der Waals surface area contributed by atoms with Crippen molar-refractivity contribution in [2.24, 2.45) is 0 Å². The lowest BCUT2D eigenvalue weighted by molar-refractivity contribution is -0.121. The molecular weight excluding hydrogens is 246 g/mol. The first-order valence-corrected chi connectivity index (χ1v) is 7.14. The van der Waals surface area contributed by atoms with E-state index in [9.17, 15) is 9.59 Å². The van der Waals surface area contributed by atoms with Gasteiger partial charge < -0.3 is 10.4 Å². The number of nitrogens with one attached hydrogen (secondary N) is 2. The fraction of sp³-hybridized carbons (Fsp3) is 0.846. The van der Waals surface area contributed by atoms with Crippen LogP contribution < -0.4 is 10.6 Å². The molecule has 1 saturated carbocycles. The summed E-state index contributed by atoms with van der Waals surface area (Å²) in [5.74, 6) is -0.296. The van der Waals surface area contributed by atoms with Crippen LogP contribution in [0.25, 0.3) is 0 Å². The number of nitrogens with zero attached hydrogens (tertiary/aromatic N) is 1. The fourth-order valence-corrected chi connectivity index (χ4v) is 2.95. The first-order chi connectivity index (χ1) is 9.19. The van der Waals surface area contributed by atoms with E-state index in [-0.39, 0.29) is 31.1 Å². The number of carbonyl (C=O) groups excluding carboxylic acids is 2. The molecule has 6 nitrogen and oxygen atoms in total. The summed E-state index contributed by atoms with van der Waals surface area (Å²) in [6.07, 6.45) is 6.20. The average molecular weight is 269 g/mol. The number of carbonyl (C=O) groups is 2. The van der Waals surface area contributed by atoms with Crippen molar-refractivity contribution in [1.82, 2.24) is 15.5 Å². The number of likely N-dealkylation sites (tertiary alicyclic amines) is 1. The molecule has 0 bridgehead atoms. The van der Waals surface area contributed by atoms with Gasteiger partial charge in [0.25, 0.3) is 0 Å². The molecule has 108 valence electrons. The third kappa shape index (κ3) is 4.18. The summed E-state index contributed by atoms with van der Waals surface area (Å²) in [6.45, 7) is 1.06. The topological polar surface area (TPSA) is 81.7 Å². The molecule has 0 unspecified atom stereocenters. The molecule has 2 aliphatic rings. The Morgan fingerprint density at radius 2 is 1.89 bits per heavy atom. The standard InChI is InChI=1S/C13H23N3O3/c17-9-11-6-3-7-16(11)8-12(18)15-13(19)14-10-4-1-2-5-10/h10-11,17H,1-9H2,(H2,14,15,18,19)/t11-/m1/s1. The number of amides is 3. The van der Waals surface area contributed by atoms with E-state index in [1.54, 1.807) is 0 Å². The molecule has 2 fully saturated rings. The van der Waals surface area contributed by atoms with Crippen LogP contribution in [0.15, 0.2) is 0 Å². The van der Waals surface area contributed by atoms with Crippen LogP contribution in [0.4, 0.5) is 4.79 Å². The van der Waals surface area contributed by atoms with Gasteiger partial charge in [-0.25, -0.2) is 4.79 Å². The van der Waals surface area contributed by atoms with Crippen LogP contribution in [0.3, 0.4) is 0 Å². The molecule has 6 heteroatoms. The number of urea groups is 1. The summed E-state index contributed by atoms with van der Waals surface area (Å²) < 4.78 is 0. The maximum Gasteiger partial charge on any atom is 0.321 e. The number of hydrogen-bond donors (Lipinski definition) is 3.